The van der Waals surface area contributed by atoms with Gasteiger partial charge in [0.05, 0.1) is 18.3 Å². The molecule has 21 heavy (non-hydrogen) atoms. The third-order valence-corrected chi connectivity index (χ3v) is 4.95. The maximum absolute atomic E-state index is 6.36. The molecule has 5 heteroatoms. The first-order valence-electron chi connectivity index (χ1n) is 7.16. The summed E-state index contributed by atoms with van der Waals surface area (Å²) in [6.07, 6.45) is 1.97. The highest BCUT2D eigenvalue weighted by atomic mass is 35.5. The summed E-state index contributed by atoms with van der Waals surface area (Å²) >= 11 is 6.36. The van der Waals surface area contributed by atoms with Crippen molar-refractivity contribution in [3.63, 3.8) is 0 Å². The molecule has 1 aliphatic rings. The monoisotopic (exact) mass is 309 g/mol. The highest BCUT2D eigenvalue weighted by molar-refractivity contribution is 6.64. The van der Waals surface area contributed by atoms with Gasteiger partial charge in [0.15, 0.2) is 0 Å². The van der Waals surface area contributed by atoms with Gasteiger partial charge in [-0.15, -0.1) is 0 Å². The maximum atomic E-state index is 6.36. The zero-order valence-electron chi connectivity index (χ0n) is 13.8. The molecule has 0 atom stereocenters. The van der Waals surface area contributed by atoms with Crippen LogP contribution in [-0.4, -0.2) is 25.4 Å². The Morgan fingerprint density at radius 2 is 1.71 bits per heavy atom. The second-order valence-electron chi connectivity index (χ2n) is 6.40. The summed E-state index contributed by atoms with van der Waals surface area (Å²) < 4.78 is 17.9. The SMILES string of the molecule is C[CH]c1cc(Cl)c(C)c(B2OC(C)(C)C(C)(C)O2)c1OC. The Balaban J connectivity index is 2.57. The van der Waals surface area contributed by atoms with E-state index in [2.05, 4.69) is 0 Å². The van der Waals surface area contributed by atoms with Gasteiger partial charge in [0.2, 0.25) is 0 Å². The second kappa shape index (κ2) is 5.49. The fraction of sp³-hybridized carbons (Fsp3) is 0.562. The molecular weight excluding hydrogens is 286 g/mol. The van der Waals surface area contributed by atoms with Gasteiger partial charge in [-0.25, -0.2) is 0 Å². The van der Waals surface area contributed by atoms with E-state index in [1.165, 1.54) is 0 Å². The van der Waals surface area contributed by atoms with Crippen LogP contribution in [0.15, 0.2) is 6.07 Å². The van der Waals surface area contributed by atoms with Crippen LogP contribution in [0.1, 0.15) is 45.7 Å². The van der Waals surface area contributed by atoms with Gasteiger partial charge in [0.1, 0.15) is 5.75 Å². The van der Waals surface area contributed by atoms with E-state index in [-0.39, 0.29) is 0 Å². The molecule has 115 valence electrons. The average Bonchev–Trinajstić information content (AvgIpc) is 2.60. The van der Waals surface area contributed by atoms with Crippen LogP contribution < -0.4 is 10.2 Å². The van der Waals surface area contributed by atoms with Crippen LogP contribution in [0.4, 0.5) is 0 Å². The Kier molecular flexibility index (Phi) is 4.36. The van der Waals surface area contributed by atoms with E-state index in [1.54, 1.807) is 7.11 Å². The number of halogens is 1. The van der Waals surface area contributed by atoms with Gasteiger partial charge in [-0.05, 0) is 58.2 Å². The smallest absolute Gasteiger partial charge is 0.497 e. The summed E-state index contributed by atoms with van der Waals surface area (Å²) in [5, 5.41) is 0.689. The summed E-state index contributed by atoms with van der Waals surface area (Å²) in [5.41, 5.74) is 1.95. The zero-order chi connectivity index (χ0) is 16.0. The van der Waals surface area contributed by atoms with Crippen molar-refractivity contribution in [2.45, 2.75) is 52.7 Å². The predicted octanol–water partition coefficient (Wildman–Crippen LogP) is 3.53. The Morgan fingerprint density at radius 1 is 1.19 bits per heavy atom. The molecule has 1 aromatic carbocycles. The number of methoxy groups -OCH3 is 1. The van der Waals surface area contributed by atoms with Gasteiger partial charge in [-0.1, -0.05) is 18.5 Å². The molecule has 0 spiro atoms. The third kappa shape index (κ3) is 2.69. The van der Waals surface area contributed by atoms with Crippen molar-refractivity contribution in [3.05, 3.63) is 28.6 Å². The number of rotatable bonds is 3. The standard InChI is InChI=1S/C16H23BClO3/c1-8-11-9-12(18)10(2)13(14(11)19-7)17-20-15(3,4)16(5,6)21-17/h8-9H,1-7H3. The molecule has 0 N–H and O–H groups in total. The van der Waals surface area contributed by atoms with Crippen molar-refractivity contribution in [1.82, 2.24) is 0 Å². The maximum Gasteiger partial charge on any atom is 0.499 e. The highest BCUT2D eigenvalue weighted by Crippen LogP contribution is 2.38. The third-order valence-electron chi connectivity index (χ3n) is 4.56. The summed E-state index contributed by atoms with van der Waals surface area (Å²) in [7, 11) is 1.17. The van der Waals surface area contributed by atoms with Crippen LogP contribution in [0.5, 0.6) is 5.75 Å². The molecule has 1 aromatic rings. The van der Waals surface area contributed by atoms with E-state index in [0.717, 1.165) is 22.3 Å². The average molecular weight is 310 g/mol. The molecular formula is C16H23BClO3. The topological polar surface area (TPSA) is 27.7 Å². The number of ether oxygens (including phenoxy) is 1. The Hall–Kier alpha value is -0.705. The lowest BCUT2D eigenvalue weighted by Crippen LogP contribution is -2.41. The molecule has 0 bridgehead atoms. The van der Waals surface area contributed by atoms with E-state index >= 15 is 0 Å². The number of benzene rings is 1. The zero-order valence-corrected chi connectivity index (χ0v) is 14.6. The van der Waals surface area contributed by atoms with E-state index in [9.17, 15) is 0 Å². The Labute approximate surface area is 133 Å². The normalized spacial score (nSPS) is 19.9. The van der Waals surface area contributed by atoms with Crippen LogP contribution in [0.2, 0.25) is 5.02 Å². The summed E-state index contributed by atoms with van der Waals surface area (Å²) in [6.45, 7) is 12.1. The Morgan fingerprint density at radius 3 is 2.14 bits per heavy atom. The molecule has 1 radical (unpaired) electrons. The predicted molar refractivity (Wildman–Crippen MR) is 87.5 cm³/mol. The fourth-order valence-electron chi connectivity index (χ4n) is 2.45. The van der Waals surface area contributed by atoms with Crippen LogP contribution in [-0.2, 0) is 9.31 Å². The summed E-state index contributed by atoms with van der Waals surface area (Å²) in [5.74, 6) is 0.762. The summed E-state index contributed by atoms with van der Waals surface area (Å²) in [4.78, 5) is 0. The summed E-state index contributed by atoms with van der Waals surface area (Å²) in [6, 6.07) is 1.91. The van der Waals surface area contributed by atoms with E-state index in [0.29, 0.717) is 5.02 Å². The van der Waals surface area contributed by atoms with Gasteiger partial charge in [-0.2, -0.15) is 0 Å². The molecule has 2 rings (SSSR count). The molecule has 1 saturated heterocycles. The second-order valence-corrected chi connectivity index (χ2v) is 6.80. The molecule has 0 saturated carbocycles. The molecule has 1 fully saturated rings. The van der Waals surface area contributed by atoms with Crippen molar-refractivity contribution in [2.75, 3.05) is 7.11 Å². The quantitative estimate of drug-likeness (QED) is 0.800. The van der Waals surface area contributed by atoms with Crippen molar-refractivity contribution >= 4 is 24.2 Å². The highest BCUT2D eigenvalue weighted by Gasteiger charge is 2.53. The first-order chi connectivity index (χ1) is 9.64. The van der Waals surface area contributed by atoms with Gasteiger partial charge >= 0.3 is 7.12 Å². The lowest BCUT2D eigenvalue weighted by Gasteiger charge is -2.32. The molecule has 0 unspecified atom stereocenters. The molecule has 3 nitrogen and oxygen atoms in total. The van der Waals surface area contributed by atoms with Crippen molar-refractivity contribution in [3.8, 4) is 5.75 Å². The van der Waals surface area contributed by atoms with Crippen LogP contribution in [0.3, 0.4) is 0 Å². The van der Waals surface area contributed by atoms with Crippen LogP contribution in [0.25, 0.3) is 0 Å². The van der Waals surface area contributed by atoms with Crippen LogP contribution >= 0.6 is 11.6 Å². The molecule has 0 aliphatic carbocycles. The van der Waals surface area contributed by atoms with Gasteiger partial charge in [0, 0.05) is 10.5 Å². The largest absolute Gasteiger partial charge is 0.499 e. The first kappa shape index (κ1) is 16.7. The van der Waals surface area contributed by atoms with Gasteiger partial charge < -0.3 is 14.0 Å². The van der Waals surface area contributed by atoms with E-state index in [4.69, 9.17) is 25.6 Å². The minimum absolute atomic E-state index is 0.395. The Bertz CT molecular complexity index is 539. The van der Waals surface area contributed by atoms with Gasteiger partial charge in [0.25, 0.3) is 0 Å². The van der Waals surface area contributed by atoms with E-state index in [1.807, 2.05) is 54.0 Å². The van der Waals surface area contributed by atoms with Crippen molar-refractivity contribution < 1.29 is 14.0 Å². The lowest BCUT2D eigenvalue weighted by atomic mass is 9.74. The number of hydrogen-bond donors (Lipinski definition) is 0. The molecule has 1 aliphatic heterocycles. The molecule has 0 amide bonds. The molecule has 0 aromatic heterocycles. The first-order valence-corrected chi connectivity index (χ1v) is 7.54. The number of hydrogen-bond acceptors (Lipinski definition) is 3. The minimum Gasteiger partial charge on any atom is -0.497 e. The lowest BCUT2D eigenvalue weighted by molar-refractivity contribution is 0.00578. The molecule has 1 heterocycles. The van der Waals surface area contributed by atoms with Crippen molar-refractivity contribution in [1.29, 1.82) is 0 Å². The van der Waals surface area contributed by atoms with E-state index < -0.39 is 18.3 Å². The van der Waals surface area contributed by atoms with Gasteiger partial charge in [-0.3, -0.25) is 0 Å². The van der Waals surface area contributed by atoms with Crippen LogP contribution in [0, 0.1) is 13.3 Å². The minimum atomic E-state index is -0.484. The fourth-order valence-corrected chi connectivity index (χ4v) is 2.67. The van der Waals surface area contributed by atoms with Crippen molar-refractivity contribution in [2.24, 2.45) is 0 Å².